The molecule has 2 aromatic rings. The number of anilines is 1. The summed E-state index contributed by atoms with van der Waals surface area (Å²) in [5, 5.41) is 3.62. The molecule has 0 aromatic heterocycles. The van der Waals surface area contributed by atoms with E-state index in [2.05, 4.69) is 5.32 Å². The maximum atomic E-state index is 12.3. The molecule has 1 N–H and O–H groups in total. The number of methoxy groups -OCH3 is 1. The zero-order valence-electron chi connectivity index (χ0n) is 12.9. The van der Waals surface area contributed by atoms with Gasteiger partial charge < -0.3 is 14.8 Å². The van der Waals surface area contributed by atoms with Gasteiger partial charge in [0.05, 0.1) is 24.4 Å². The number of hydrogen-bond acceptors (Lipinski definition) is 3. The highest BCUT2D eigenvalue weighted by Gasteiger charge is 2.13. The van der Waals surface area contributed by atoms with Crippen molar-refractivity contribution in [3.05, 3.63) is 52.0 Å². The van der Waals surface area contributed by atoms with Crippen molar-refractivity contribution in [2.45, 2.75) is 13.3 Å². The zero-order valence-corrected chi connectivity index (χ0v) is 14.4. The van der Waals surface area contributed by atoms with E-state index in [4.69, 9.17) is 32.7 Å². The molecule has 6 heteroatoms. The van der Waals surface area contributed by atoms with Crippen LogP contribution in [0.25, 0.3) is 0 Å². The van der Waals surface area contributed by atoms with Crippen molar-refractivity contribution < 1.29 is 14.3 Å². The Bertz CT molecular complexity index is 704. The third-order valence-electron chi connectivity index (χ3n) is 3.07. The average molecular weight is 354 g/mol. The summed E-state index contributed by atoms with van der Waals surface area (Å²) in [7, 11) is 1.53. The molecule has 23 heavy (non-hydrogen) atoms. The number of carbonyl (C=O) groups is 1. The Morgan fingerprint density at radius 2 is 1.91 bits per heavy atom. The Kier molecular flexibility index (Phi) is 6.13. The topological polar surface area (TPSA) is 47.6 Å². The van der Waals surface area contributed by atoms with Gasteiger partial charge in [-0.3, -0.25) is 4.79 Å². The predicted octanol–water partition coefficient (Wildman–Crippen LogP) is 5.04. The summed E-state index contributed by atoms with van der Waals surface area (Å²) in [6.07, 6.45) is 0.889. The summed E-state index contributed by atoms with van der Waals surface area (Å²) in [6.45, 7) is 2.60. The van der Waals surface area contributed by atoms with E-state index < -0.39 is 0 Å². The molecule has 2 rings (SSSR count). The first kappa shape index (κ1) is 17.4. The molecule has 0 heterocycles. The highest BCUT2D eigenvalue weighted by molar-refractivity contribution is 6.36. The van der Waals surface area contributed by atoms with Crippen molar-refractivity contribution in [1.82, 2.24) is 0 Å². The van der Waals surface area contributed by atoms with Crippen LogP contribution in [-0.4, -0.2) is 19.6 Å². The van der Waals surface area contributed by atoms with Gasteiger partial charge in [-0.2, -0.15) is 0 Å². The van der Waals surface area contributed by atoms with E-state index in [1.165, 1.54) is 7.11 Å². The van der Waals surface area contributed by atoms with Crippen molar-refractivity contribution in [2.24, 2.45) is 0 Å². The molecular weight excluding hydrogens is 337 g/mol. The van der Waals surface area contributed by atoms with E-state index in [9.17, 15) is 4.79 Å². The molecule has 2 aromatic carbocycles. The number of amides is 1. The van der Waals surface area contributed by atoms with Crippen molar-refractivity contribution in [3.8, 4) is 11.5 Å². The molecule has 0 aliphatic heterocycles. The second-order valence-electron chi connectivity index (χ2n) is 4.79. The normalized spacial score (nSPS) is 10.3. The zero-order chi connectivity index (χ0) is 16.8. The van der Waals surface area contributed by atoms with Crippen LogP contribution >= 0.6 is 23.2 Å². The minimum absolute atomic E-state index is 0.297. The number of hydrogen-bond donors (Lipinski definition) is 1. The Morgan fingerprint density at radius 1 is 1.13 bits per heavy atom. The molecule has 0 aliphatic carbocycles. The van der Waals surface area contributed by atoms with Crippen molar-refractivity contribution in [2.75, 3.05) is 19.0 Å². The third kappa shape index (κ3) is 4.53. The lowest BCUT2D eigenvalue weighted by Gasteiger charge is -2.12. The first-order chi connectivity index (χ1) is 11.0. The number of carbonyl (C=O) groups excluding carboxylic acids is 1. The van der Waals surface area contributed by atoms with Crippen molar-refractivity contribution >= 4 is 34.8 Å². The molecule has 0 fully saturated rings. The number of ether oxygens (including phenoxy) is 2. The number of rotatable bonds is 6. The smallest absolute Gasteiger partial charge is 0.255 e. The van der Waals surface area contributed by atoms with Gasteiger partial charge in [-0.1, -0.05) is 30.1 Å². The Labute approximate surface area is 145 Å². The molecule has 0 saturated carbocycles. The average Bonchev–Trinajstić information content (AvgIpc) is 2.55. The van der Waals surface area contributed by atoms with E-state index in [0.29, 0.717) is 39.4 Å². The van der Waals surface area contributed by atoms with Crippen LogP contribution in [0, 0.1) is 0 Å². The lowest BCUT2D eigenvalue weighted by molar-refractivity contribution is 0.102. The standard InChI is InChI=1S/C17H17Cl2NO3/c1-3-8-23-15-7-4-11(9-16(15)22-2)17(21)20-14-6-5-12(18)10-13(14)19/h4-7,9-10H,3,8H2,1-2H3,(H,20,21). The number of benzene rings is 2. The van der Waals surface area contributed by atoms with E-state index in [1.54, 1.807) is 36.4 Å². The fourth-order valence-electron chi connectivity index (χ4n) is 1.93. The van der Waals surface area contributed by atoms with Gasteiger partial charge in [0.25, 0.3) is 5.91 Å². The molecule has 0 radical (unpaired) electrons. The summed E-state index contributed by atoms with van der Waals surface area (Å²) in [6, 6.07) is 9.90. The summed E-state index contributed by atoms with van der Waals surface area (Å²) in [5.41, 5.74) is 0.933. The van der Waals surface area contributed by atoms with Gasteiger partial charge in [-0.15, -0.1) is 0 Å². The predicted molar refractivity (Wildman–Crippen MR) is 93.2 cm³/mol. The van der Waals surface area contributed by atoms with Crippen LogP contribution in [0.1, 0.15) is 23.7 Å². The number of nitrogens with one attached hydrogen (secondary N) is 1. The molecule has 0 bridgehead atoms. The fourth-order valence-corrected chi connectivity index (χ4v) is 2.38. The maximum Gasteiger partial charge on any atom is 0.255 e. The van der Waals surface area contributed by atoms with E-state index in [0.717, 1.165) is 6.42 Å². The largest absolute Gasteiger partial charge is 0.493 e. The second-order valence-corrected chi connectivity index (χ2v) is 5.64. The van der Waals surface area contributed by atoms with Gasteiger partial charge in [0.1, 0.15) is 0 Å². The number of halogens is 2. The van der Waals surface area contributed by atoms with Gasteiger partial charge in [-0.25, -0.2) is 0 Å². The molecule has 0 atom stereocenters. The fraction of sp³-hybridized carbons (Fsp3) is 0.235. The first-order valence-corrected chi connectivity index (χ1v) is 7.88. The minimum atomic E-state index is -0.297. The van der Waals surface area contributed by atoms with Crippen molar-refractivity contribution in [3.63, 3.8) is 0 Å². The van der Waals surface area contributed by atoms with Crippen LogP contribution in [-0.2, 0) is 0 Å². The quantitative estimate of drug-likeness (QED) is 0.790. The van der Waals surface area contributed by atoms with Crippen LogP contribution in [0.3, 0.4) is 0 Å². The van der Waals surface area contributed by atoms with E-state index >= 15 is 0 Å². The first-order valence-electron chi connectivity index (χ1n) is 7.12. The van der Waals surface area contributed by atoms with Crippen molar-refractivity contribution in [1.29, 1.82) is 0 Å². The maximum absolute atomic E-state index is 12.3. The molecule has 0 saturated heterocycles. The molecular formula is C17H17Cl2NO3. The molecule has 4 nitrogen and oxygen atoms in total. The SMILES string of the molecule is CCCOc1ccc(C(=O)Nc2ccc(Cl)cc2Cl)cc1OC. The molecule has 0 aliphatic rings. The van der Waals surface area contributed by atoms with Gasteiger partial charge in [-0.05, 0) is 42.8 Å². The molecule has 122 valence electrons. The minimum Gasteiger partial charge on any atom is -0.493 e. The Morgan fingerprint density at radius 3 is 2.57 bits per heavy atom. The molecule has 0 unspecified atom stereocenters. The summed E-state index contributed by atoms with van der Waals surface area (Å²) in [5.74, 6) is 0.818. The highest BCUT2D eigenvalue weighted by atomic mass is 35.5. The van der Waals surface area contributed by atoms with E-state index in [-0.39, 0.29) is 5.91 Å². The van der Waals surface area contributed by atoms with Crippen LogP contribution in [0.4, 0.5) is 5.69 Å². The lowest BCUT2D eigenvalue weighted by atomic mass is 10.2. The van der Waals surface area contributed by atoms with Gasteiger partial charge in [0, 0.05) is 10.6 Å². The molecule has 0 spiro atoms. The second kappa shape index (κ2) is 8.09. The monoisotopic (exact) mass is 353 g/mol. The summed E-state index contributed by atoms with van der Waals surface area (Å²) < 4.78 is 10.8. The third-order valence-corrected chi connectivity index (χ3v) is 3.61. The van der Waals surface area contributed by atoms with E-state index in [1.807, 2.05) is 6.92 Å². The van der Waals surface area contributed by atoms with Gasteiger partial charge in [0.2, 0.25) is 0 Å². The van der Waals surface area contributed by atoms with Gasteiger partial charge >= 0.3 is 0 Å². The lowest BCUT2D eigenvalue weighted by Crippen LogP contribution is -2.12. The van der Waals surface area contributed by atoms with Crippen LogP contribution in [0.5, 0.6) is 11.5 Å². The van der Waals surface area contributed by atoms with Crippen LogP contribution in [0.15, 0.2) is 36.4 Å². The molecule has 1 amide bonds. The Balaban J connectivity index is 2.18. The highest BCUT2D eigenvalue weighted by Crippen LogP contribution is 2.30. The summed E-state index contributed by atoms with van der Waals surface area (Å²) >= 11 is 11.9. The van der Waals surface area contributed by atoms with Crippen LogP contribution < -0.4 is 14.8 Å². The van der Waals surface area contributed by atoms with Gasteiger partial charge in [0.15, 0.2) is 11.5 Å². The van der Waals surface area contributed by atoms with Crippen LogP contribution in [0.2, 0.25) is 10.0 Å². The summed E-state index contributed by atoms with van der Waals surface area (Å²) in [4.78, 5) is 12.3. The Hall–Kier alpha value is -1.91.